The molecule has 0 radical (unpaired) electrons. The van der Waals surface area contributed by atoms with Gasteiger partial charge in [0.1, 0.15) is 17.8 Å². The van der Waals surface area contributed by atoms with Crippen LogP contribution in [0.1, 0.15) is 31.1 Å². The molecule has 0 atom stereocenters. The van der Waals surface area contributed by atoms with Crippen molar-refractivity contribution in [3.8, 4) is 5.75 Å². The monoisotopic (exact) mass is 421 g/mol. The van der Waals surface area contributed by atoms with Crippen LogP contribution in [0.5, 0.6) is 5.75 Å². The molecule has 1 heterocycles. The summed E-state index contributed by atoms with van der Waals surface area (Å²) < 4.78 is 10.9. The molecule has 0 aliphatic heterocycles. The summed E-state index contributed by atoms with van der Waals surface area (Å²) in [6.45, 7) is 6.84. The summed E-state index contributed by atoms with van der Waals surface area (Å²) in [7, 11) is 0. The Balaban J connectivity index is 1.73. The van der Waals surface area contributed by atoms with Crippen molar-refractivity contribution in [1.82, 2.24) is 9.97 Å². The maximum absolute atomic E-state index is 12.1. The Morgan fingerprint density at radius 3 is 2.39 bits per heavy atom. The van der Waals surface area contributed by atoms with Crippen LogP contribution in [0.25, 0.3) is 0 Å². The molecular formula is C23H27N5O3. The smallest absolute Gasteiger partial charge is 0.338 e. The van der Waals surface area contributed by atoms with Crippen LogP contribution in [0.3, 0.4) is 0 Å². The third-order valence-electron chi connectivity index (χ3n) is 4.25. The molecule has 3 rings (SSSR count). The number of hydrogen-bond acceptors (Lipinski definition) is 8. The van der Waals surface area contributed by atoms with Crippen molar-refractivity contribution in [3.05, 3.63) is 60.4 Å². The van der Waals surface area contributed by atoms with Crippen LogP contribution in [-0.2, 0) is 4.74 Å². The van der Waals surface area contributed by atoms with Crippen molar-refractivity contribution in [1.29, 1.82) is 0 Å². The van der Waals surface area contributed by atoms with Gasteiger partial charge in [0.15, 0.2) is 11.6 Å². The summed E-state index contributed by atoms with van der Waals surface area (Å²) >= 11 is 0. The molecule has 1 aromatic heterocycles. The van der Waals surface area contributed by atoms with E-state index in [9.17, 15) is 4.79 Å². The molecule has 0 saturated carbocycles. The number of ether oxygens (including phenoxy) is 2. The highest BCUT2D eigenvalue weighted by atomic mass is 16.5. The van der Waals surface area contributed by atoms with E-state index in [1.54, 1.807) is 24.3 Å². The number of nitrogens with zero attached hydrogens (tertiary/aromatic N) is 2. The van der Waals surface area contributed by atoms with Gasteiger partial charge in [-0.3, -0.25) is 0 Å². The number of nitrogens with two attached hydrogens (primary N) is 1. The molecule has 2 aromatic carbocycles. The number of nitrogen functional groups attached to an aromatic ring is 1. The first-order valence-corrected chi connectivity index (χ1v) is 10.1. The minimum absolute atomic E-state index is 0.286. The molecule has 0 saturated heterocycles. The van der Waals surface area contributed by atoms with E-state index in [1.165, 1.54) is 6.33 Å². The number of nitrogens with one attached hydrogen (secondary N) is 2. The Kier molecular flexibility index (Phi) is 7.26. The Morgan fingerprint density at radius 2 is 1.71 bits per heavy atom. The highest BCUT2D eigenvalue weighted by molar-refractivity contribution is 5.90. The van der Waals surface area contributed by atoms with Crippen LogP contribution < -0.4 is 21.1 Å². The van der Waals surface area contributed by atoms with E-state index >= 15 is 0 Å². The molecule has 8 heteroatoms. The second-order valence-corrected chi connectivity index (χ2v) is 7.23. The van der Waals surface area contributed by atoms with Crippen LogP contribution in [0.15, 0.2) is 54.9 Å². The fourth-order valence-corrected chi connectivity index (χ4v) is 2.73. The van der Waals surface area contributed by atoms with E-state index in [2.05, 4.69) is 20.6 Å². The zero-order valence-corrected chi connectivity index (χ0v) is 17.9. The number of hydrogen-bond donors (Lipinski definition) is 3. The SMILES string of the molecule is CCOc1ccccc1Nc1ncnc(Nc2ccc(C(=O)OCC(C)C)cc2)c1N. The second kappa shape index (κ2) is 10.3. The highest BCUT2D eigenvalue weighted by Gasteiger charge is 2.12. The van der Waals surface area contributed by atoms with Crippen molar-refractivity contribution in [2.24, 2.45) is 5.92 Å². The van der Waals surface area contributed by atoms with Gasteiger partial charge in [-0.1, -0.05) is 26.0 Å². The van der Waals surface area contributed by atoms with Crippen LogP contribution in [-0.4, -0.2) is 29.2 Å². The first-order valence-electron chi connectivity index (χ1n) is 10.1. The Labute approximate surface area is 181 Å². The number of benzene rings is 2. The summed E-state index contributed by atoms with van der Waals surface area (Å²) in [5.41, 5.74) is 8.61. The van der Waals surface area contributed by atoms with Gasteiger partial charge in [0.25, 0.3) is 0 Å². The third kappa shape index (κ3) is 5.85. The molecule has 0 unspecified atom stereocenters. The lowest BCUT2D eigenvalue weighted by molar-refractivity contribution is 0.0459. The number of esters is 1. The zero-order chi connectivity index (χ0) is 22.2. The van der Waals surface area contributed by atoms with Crippen LogP contribution in [0.2, 0.25) is 0 Å². The van der Waals surface area contributed by atoms with Crippen LogP contribution >= 0.6 is 0 Å². The summed E-state index contributed by atoms with van der Waals surface area (Å²) in [6, 6.07) is 14.5. The number of anilines is 5. The molecule has 0 aliphatic rings. The average Bonchev–Trinajstić information content (AvgIpc) is 2.77. The van der Waals surface area contributed by atoms with Crippen molar-refractivity contribution in [3.63, 3.8) is 0 Å². The van der Waals surface area contributed by atoms with Crippen LogP contribution in [0.4, 0.5) is 28.7 Å². The molecule has 31 heavy (non-hydrogen) atoms. The highest BCUT2D eigenvalue weighted by Crippen LogP contribution is 2.32. The number of rotatable bonds is 9. The van der Waals surface area contributed by atoms with Gasteiger partial charge in [0.2, 0.25) is 0 Å². The lowest BCUT2D eigenvalue weighted by Crippen LogP contribution is -2.10. The van der Waals surface area contributed by atoms with E-state index in [0.29, 0.717) is 41.8 Å². The molecule has 0 bridgehead atoms. The van der Waals surface area contributed by atoms with E-state index in [-0.39, 0.29) is 11.9 Å². The van der Waals surface area contributed by atoms with E-state index in [4.69, 9.17) is 15.2 Å². The fourth-order valence-electron chi connectivity index (χ4n) is 2.73. The first kappa shape index (κ1) is 21.9. The predicted octanol–water partition coefficient (Wildman–Crippen LogP) is 4.76. The topological polar surface area (TPSA) is 111 Å². The predicted molar refractivity (Wildman–Crippen MR) is 122 cm³/mol. The molecule has 0 aliphatic carbocycles. The molecule has 162 valence electrons. The van der Waals surface area contributed by atoms with E-state index < -0.39 is 0 Å². The second-order valence-electron chi connectivity index (χ2n) is 7.23. The van der Waals surface area contributed by atoms with Gasteiger partial charge in [-0.15, -0.1) is 0 Å². The molecule has 0 fully saturated rings. The van der Waals surface area contributed by atoms with Gasteiger partial charge < -0.3 is 25.8 Å². The lowest BCUT2D eigenvalue weighted by atomic mass is 10.2. The number of carbonyl (C=O) groups is 1. The maximum atomic E-state index is 12.1. The fraction of sp³-hybridized carbons (Fsp3) is 0.261. The normalized spacial score (nSPS) is 10.6. The average molecular weight is 422 g/mol. The summed E-state index contributed by atoms with van der Waals surface area (Å²) in [5, 5.41) is 6.35. The summed E-state index contributed by atoms with van der Waals surface area (Å²) in [5.74, 6) is 1.55. The maximum Gasteiger partial charge on any atom is 0.338 e. The minimum Gasteiger partial charge on any atom is -0.492 e. The quantitative estimate of drug-likeness (QED) is 0.424. The number of carbonyl (C=O) groups excluding carboxylic acids is 1. The van der Waals surface area contributed by atoms with Crippen molar-refractivity contribution in [2.75, 3.05) is 29.6 Å². The largest absolute Gasteiger partial charge is 0.492 e. The number of aromatic nitrogens is 2. The molecule has 3 aromatic rings. The van der Waals surface area contributed by atoms with Gasteiger partial charge >= 0.3 is 5.97 Å². The Morgan fingerprint density at radius 1 is 1.03 bits per heavy atom. The van der Waals surface area contributed by atoms with Gasteiger partial charge in [-0.25, -0.2) is 14.8 Å². The third-order valence-corrected chi connectivity index (χ3v) is 4.25. The lowest BCUT2D eigenvalue weighted by Gasteiger charge is -2.15. The standard InChI is InChI=1S/C23H27N5O3/c1-4-30-19-8-6-5-7-18(19)28-22-20(24)21(25-14-26-22)27-17-11-9-16(10-12-17)23(29)31-13-15(2)3/h5-12,14-15H,4,13,24H2,1-3H3,(H2,25,26,27,28). The molecule has 0 amide bonds. The molecule has 8 nitrogen and oxygen atoms in total. The minimum atomic E-state index is -0.346. The van der Waals surface area contributed by atoms with Gasteiger partial charge in [0, 0.05) is 5.69 Å². The molecule has 0 spiro atoms. The Bertz CT molecular complexity index is 1020. The first-order chi connectivity index (χ1) is 15.0. The molecule has 4 N–H and O–H groups in total. The zero-order valence-electron chi connectivity index (χ0n) is 17.9. The van der Waals surface area contributed by atoms with Gasteiger partial charge in [-0.05, 0) is 49.2 Å². The van der Waals surface area contributed by atoms with Gasteiger partial charge in [-0.2, -0.15) is 0 Å². The van der Waals surface area contributed by atoms with E-state index in [0.717, 1.165) is 11.4 Å². The summed E-state index contributed by atoms with van der Waals surface area (Å²) in [4.78, 5) is 20.5. The Hall–Kier alpha value is -3.81. The van der Waals surface area contributed by atoms with Crippen molar-refractivity contribution in [2.45, 2.75) is 20.8 Å². The van der Waals surface area contributed by atoms with Gasteiger partial charge in [0.05, 0.1) is 24.5 Å². The molecular weight excluding hydrogens is 394 g/mol. The van der Waals surface area contributed by atoms with Crippen LogP contribution in [0, 0.1) is 5.92 Å². The van der Waals surface area contributed by atoms with Crippen molar-refractivity contribution < 1.29 is 14.3 Å². The number of para-hydroxylation sites is 2. The summed E-state index contributed by atoms with van der Waals surface area (Å²) in [6.07, 6.45) is 1.42. The van der Waals surface area contributed by atoms with Crippen molar-refractivity contribution >= 4 is 34.7 Å². The van der Waals surface area contributed by atoms with E-state index in [1.807, 2.05) is 45.0 Å².